The lowest BCUT2D eigenvalue weighted by molar-refractivity contribution is -0.111. The monoisotopic (exact) mass is 459 g/mol. The molecular formula is C27H25NO4S. The van der Waals surface area contributed by atoms with Crippen molar-refractivity contribution in [3.63, 3.8) is 0 Å². The molecule has 0 radical (unpaired) electrons. The van der Waals surface area contributed by atoms with Crippen molar-refractivity contribution in [2.75, 3.05) is 25.8 Å². The van der Waals surface area contributed by atoms with Gasteiger partial charge < -0.3 is 19.2 Å². The molecule has 3 aromatic carbocycles. The minimum atomic E-state index is -0.200. The first-order valence-corrected chi connectivity index (χ1v) is 11.6. The van der Waals surface area contributed by atoms with Crippen molar-refractivity contribution in [1.29, 1.82) is 0 Å². The third-order valence-electron chi connectivity index (χ3n) is 5.43. The molecule has 0 atom stereocenters. The van der Waals surface area contributed by atoms with Crippen LogP contribution in [0.4, 0.5) is 5.69 Å². The Morgan fingerprint density at radius 2 is 1.73 bits per heavy atom. The fraction of sp³-hybridized carbons (Fsp3) is 0.148. The van der Waals surface area contributed by atoms with Crippen molar-refractivity contribution in [1.82, 2.24) is 0 Å². The minimum absolute atomic E-state index is 0.200. The van der Waals surface area contributed by atoms with Crippen LogP contribution in [-0.4, -0.2) is 26.4 Å². The fourth-order valence-electron chi connectivity index (χ4n) is 3.65. The van der Waals surface area contributed by atoms with Gasteiger partial charge in [0.25, 0.3) is 0 Å². The molecule has 4 rings (SSSR count). The zero-order chi connectivity index (χ0) is 23.4. The van der Waals surface area contributed by atoms with Gasteiger partial charge in [-0.15, -0.1) is 11.8 Å². The Bertz CT molecular complexity index is 1300. The zero-order valence-electron chi connectivity index (χ0n) is 19.0. The number of nitrogens with one attached hydrogen (secondary N) is 1. The maximum Gasteiger partial charge on any atom is 0.248 e. The number of hydrogen-bond acceptors (Lipinski definition) is 5. The van der Waals surface area contributed by atoms with Gasteiger partial charge in [0.2, 0.25) is 5.91 Å². The predicted octanol–water partition coefficient (Wildman–Crippen LogP) is 6.88. The summed E-state index contributed by atoms with van der Waals surface area (Å²) in [5, 5.41) is 3.86. The van der Waals surface area contributed by atoms with Gasteiger partial charge in [-0.2, -0.15) is 0 Å². The summed E-state index contributed by atoms with van der Waals surface area (Å²) in [5.74, 6) is 1.24. The summed E-state index contributed by atoms with van der Waals surface area (Å²) in [7, 11) is 3.25. The molecule has 0 aliphatic carbocycles. The molecule has 1 N–H and O–H groups in total. The van der Waals surface area contributed by atoms with Crippen molar-refractivity contribution in [2.24, 2.45) is 0 Å². The van der Waals surface area contributed by atoms with Gasteiger partial charge in [-0.05, 0) is 66.8 Å². The molecule has 1 amide bonds. The molecular weight excluding hydrogens is 434 g/mol. The average Bonchev–Trinajstić information content (AvgIpc) is 3.26. The van der Waals surface area contributed by atoms with Crippen LogP contribution in [0.2, 0.25) is 0 Å². The highest BCUT2D eigenvalue weighted by molar-refractivity contribution is 7.98. The highest BCUT2D eigenvalue weighted by Gasteiger charge is 2.15. The molecule has 0 saturated carbocycles. The first-order chi connectivity index (χ1) is 16.0. The molecule has 0 saturated heterocycles. The van der Waals surface area contributed by atoms with Crippen LogP contribution >= 0.6 is 11.8 Å². The average molecular weight is 460 g/mol. The second kappa shape index (κ2) is 9.88. The van der Waals surface area contributed by atoms with Crippen LogP contribution in [0, 0.1) is 0 Å². The van der Waals surface area contributed by atoms with Gasteiger partial charge in [0.05, 0.1) is 20.5 Å². The topological polar surface area (TPSA) is 60.7 Å². The van der Waals surface area contributed by atoms with Crippen molar-refractivity contribution >= 4 is 39.9 Å². The first-order valence-electron chi connectivity index (χ1n) is 10.4. The quantitative estimate of drug-likeness (QED) is 0.241. The summed E-state index contributed by atoms with van der Waals surface area (Å²) < 4.78 is 16.7. The maximum absolute atomic E-state index is 12.6. The molecule has 5 nitrogen and oxygen atoms in total. The number of furan rings is 1. The molecule has 33 heavy (non-hydrogen) atoms. The second-order valence-electron chi connectivity index (χ2n) is 7.47. The first kappa shape index (κ1) is 22.6. The molecule has 0 unspecified atom stereocenters. The predicted molar refractivity (Wildman–Crippen MR) is 135 cm³/mol. The van der Waals surface area contributed by atoms with Crippen LogP contribution in [0.25, 0.3) is 27.7 Å². The molecule has 0 bridgehead atoms. The van der Waals surface area contributed by atoms with Gasteiger partial charge in [0.15, 0.2) is 0 Å². The lowest BCUT2D eigenvalue weighted by atomic mass is 9.99. The van der Waals surface area contributed by atoms with Crippen LogP contribution in [0.3, 0.4) is 0 Å². The van der Waals surface area contributed by atoms with E-state index in [2.05, 4.69) is 5.32 Å². The number of carbonyl (C=O) groups excluding carboxylic acids is 1. The van der Waals surface area contributed by atoms with E-state index in [1.54, 1.807) is 38.3 Å². The fourth-order valence-corrected chi connectivity index (χ4v) is 4.06. The summed E-state index contributed by atoms with van der Waals surface area (Å²) in [5.41, 5.74) is 5.05. The Morgan fingerprint density at radius 1 is 1.00 bits per heavy atom. The number of benzene rings is 3. The van der Waals surface area contributed by atoms with Crippen LogP contribution in [0.1, 0.15) is 12.5 Å². The van der Waals surface area contributed by atoms with Crippen LogP contribution < -0.4 is 14.8 Å². The molecule has 6 heteroatoms. The summed E-state index contributed by atoms with van der Waals surface area (Å²) in [6, 6.07) is 19.4. The van der Waals surface area contributed by atoms with E-state index in [-0.39, 0.29) is 5.91 Å². The summed E-state index contributed by atoms with van der Waals surface area (Å²) in [6.45, 7) is 1.90. The van der Waals surface area contributed by atoms with E-state index in [1.807, 2.05) is 73.8 Å². The largest absolute Gasteiger partial charge is 0.497 e. The SMILES string of the molecule is COc1ccc(-c2coc3cc(OC)c(/C(C)=C/C(=O)Nc4ccc(SC)cc4)cc23)cc1. The number of fused-ring (bicyclic) bond motifs is 1. The summed E-state index contributed by atoms with van der Waals surface area (Å²) in [6.07, 6.45) is 5.34. The van der Waals surface area contributed by atoms with Crippen molar-refractivity contribution in [3.8, 4) is 22.6 Å². The summed E-state index contributed by atoms with van der Waals surface area (Å²) >= 11 is 1.66. The molecule has 0 aliphatic rings. The number of carbonyl (C=O) groups is 1. The van der Waals surface area contributed by atoms with E-state index >= 15 is 0 Å². The smallest absolute Gasteiger partial charge is 0.248 e. The van der Waals surface area contributed by atoms with E-state index in [0.29, 0.717) is 11.3 Å². The Balaban J connectivity index is 1.66. The van der Waals surface area contributed by atoms with Gasteiger partial charge in [-0.25, -0.2) is 0 Å². The number of allylic oxidation sites excluding steroid dienone is 1. The number of thioether (sulfide) groups is 1. The third kappa shape index (κ3) is 4.91. The Labute approximate surface area is 197 Å². The molecule has 0 spiro atoms. The molecule has 1 aromatic heterocycles. The van der Waals surface area contributed by atoms with Crippen LogP contribution in [0.15, 0.2) is 82.3 Å². The lowest BCUT2D eigenvalue weighted by Crippen LogP contribution is -2.08. The maximum atomic E-state index is 12.6. The Kier molecular flexibility index (Phi) is 6.75. The Hall–Kier alpha value is -3.64. The van der Waals surface area contributed by atoms with E-state index < -0.39 is 0 Å². The van der Waals surface area contributed by atoms with E-state index in [9.17, 15) is 4.79 Å². The van der Waals surface area contributed by atoms with Gasteiger partial charge in [-0.1, -0.05) is 12.1 Å². The number of hydrogen-bond donors (Lipinski definition) is 1. The van der Waals surface area contributed by atoms with Gasteiger partial charge in [0.1, 0.15) is 17.1 Å². The molecule has 1 heterocycles. The van der Waals surface area contributed by atoms with E-state index in [1.165, 1.54) is 0 Å². The third-order valence-corrected chi connectivity index (χ3v) is 6.17. The van der Waals surface area contributed by atoms with Crippen LogP contribution in [-0.2, 0) is 4.79 Å². The number of rotatable bonds is 7. The highest BCUT2D eigenvalue weighted by atomic mass is 32.2. The number of amides is 1. The second-order valence-corrected chi connectivity index (χ2v) is 8.35. The van der Waals surface area contributed by atoms with E-state index in [0.717, 1.165) is 44.0 Å². The van der Waals surface area contributed by atoms with Gasteiger partial charge in [0, 0.05) is 39.2 Å². The lowest BCUT2D eigenvalue weighted by Gasteiger charge is -2.10. The van der Waals surface area contributed by atoms with Gasteiger partial charge >= 0.3 is 0 Å². The van der Waals surface area contributed by atoms with Crippen molar-refractivity contribution in [3.05, 3.63) is 78.6 Å². The normalized spacial score (nSPS) is 11.5. The van der Waals surface area contributed by atoms with Gasteiger partial charge in [-0.3, -0.25) is 4.79 Å². The van der Waals surface area contributed by atoms with E-state index in [4.69, 9.17) is 13.9 Å². The molecule has 4 aromatic rings. The number of anilines is 1. The van der Waals surface area contributed by atoms with Crippen molar-refractivity contribution in [2.45, 2.75) is 11.8 Å². The standard InChI is InChI=1S/C27H25NO4S/c1-17(13-27(29)28-19-7-11-21(33-4)12-8-19)22-14-23-24(16-32-26(23)15-25(22)31-3)18-5-9-20(30-2)10-6-18/h5-16H,1-4H3,(H,28,29)/b17-13+. The van der Waals surface area contributed by atoms with Crippen LogP contribution in [0.5, 0.6) is 11.5 Å². The van der Waals surface area contributed by atoms with Crippen molar-refractivity contribution < 1.29 is 18.7 Å². The molecule has 168 valence electrons. The number of methoxy groups -OCH3 is 2. The highest BCUT2D eigenvalue weighted by Crippen LogP contribution is 2.37. The summed E-state index contributed by atoms with van der Waals surface area (Å²) in [4.78, 5) is 13.8. The molecule has 0 fully saturated rings. The molecule has 0 aliphatic heterocycles. The minimum Gasteiger partial charge on any atom is -0.497 e. The number of ether oxygens (including phenoxy) is 2. The zero-order valence-corrected chi connectivity index (χ0v) is 19.8. The Morgan fingerprint density at radius 3 is 2.36 bits per heavy atom.